The Labute approximate surface area is 285 Å². The van der Waals surface area contributed by atoms with Crippen molar-refractivity contribution in [3.05, 3.63) is 126 Å². The topological polar surface area (TPSA) is 81.2 Å². The van der Waals surface area contributed by atoms with Crippen LogP contribution >= 0.6 is 23.4 Å². The number of rotatable bonds is 12. The van der Waals surface area contributed by atoms with E-state index in [4.69, 9.17) is 11.6 Å². The summed E-state index contributed by atoms with van der Waals surface area (Å²) in [6.07, 6.45) is 4.61. The van der Waals surface area contributed by atoms with Crippen LogP contribution in [-0.2, 0) is 20.9 Å². The maximum absolute atomic E-state index is 15.1. The van der Waals surface area contributed by atoms with Crippen molar-refractivity contribution in [2.24, 2.45) is 11.8 Å². The van der Waals surface area contributed by atoms with E-state index in [2.05, 4.69) is 20.1 Å². The zero-order valence-electron chi connectivity index (χ0n) is 26.5. The van der Waals surface area contributed by atoms with Crippen LogP contribution < -0.4 is 4.90 Å². The van der Waals surface area contributed by atoms with Crippen LogP contribution in [-0.4, -0.2) is 67.9 Å². The van der Waals surface area contributed by atoms with Gasteiger partial charge in [-0.25, -0.2) is 0 Å². The van der Waals surface area contributed by atoms with Gasteiger partial charge in [0.1, 0.15) is 6.04 Å². The number of aliphatic hydroxyl groups is 1. The molecule has 2 unspecified atom stereocenters. The monoisotopic (exact) mass is 669 g/mol. The fourth-order valence-corrected chi connectivity index (χ4v) is 10.6. The van der Waals surface area contributed by atoms with Crippen LogP contribution in [0.25, 0.3) is 0 Å². The largest absolute Gasteiger partial charge is 0.394 e. The number of hydrogen-bond acceptors (Lipinski definition) is 5. The Balaban J connectivity index is 1.48. The van der Waals surface area contributed by atoms with Gasteiger partial charge in [0.15, 0.2) is 0 Å². The summed E-state index contributed by atoms with van der Waals surface area (Å²) >= 11 is 8.26. The number of amides is 3. The van der Waals surface area contributed by atoms with E-state index in [0.717, 1.165) is 11.1 Å². The molecule has 0 radical (unpaired) electrons. The molecule has 244 valence electrons. The lowest BCUT2D eigenvalue weighted by Gasteiger charge is -2.40. The van der Waals surface area contributed by atoms with Gasteiger partial charge in [0, 0.05) is 24.4 Å². The normalized spacial score (nSPS) is 26.5. The van der Waals surface area contributed by atoms with Crippen LogP contribution in [0.15, 0.2) is 110 Å². The van der Waals surface area contributed by atoms with E-state index < -0.39 is 33.4 Å². The van der Waals surface area contributed by atoms with Gasteiger partial charge in [-0.15, -0.1) is 24.9 Å². The molecule has 3 aromatic carbocycles. The summed E-state index contributed by atoms with van der Waals surface area (Å²) in [5, 5.41) is 11.3. The lowest BCUT2D eigenvalue weighted by atomic mass is 9.66. The molecule has 3 aliphatic heterocycles. The van der Waals surface area contributed by atoms with Crippen molar-refractivity contribution in [1.82, 2.24) is 9.80 Å². The van der Waals surface area contributed by atoms with E-state index in [-0.39, 0.29) is 30.9 Å². The van der Waals surface area contributed by atoms with E-state index in [1.54, 1.807) is 56.8 Å². The van der Waals surface area contributed by atoms with Gasteiger partial charge in [0.25, 0.3) is 5.91 Å². The number of anilines is 1. The van der Waals surface area contributed by atoms with E-state index in [0.29, 0.717) is 36.6 Å². The minimum atomic E-state index is -0.958. The molecule has 3 aliphatic rings. The first kappa shape index (κ1) is 33.1. The molecule has 6 rings (SSSR count). The number of aliphatic hydroxyl groups excluding tert-OH is 1. The first-order chi connectivity index (χ1) is 22.7. The fourth-order valence-electron chi connectivity index (χ4n) is 8.03. The SMILES string of the molecule is C=CCN(Cc1ccccc1)C(=O)[C@H]1[C@H]2C(=O)N([C@H](CO)c3ccccc3)C(C(=O)N(CC=C)c3ccccc3Cl)C23CC[C@]1(C)S3. The molecule has 1 spiro atoms. The third-order valence-electron chi connectivity index (χ3n) is 10.0. The first-order valence-corrected chi connectivity index (χ1v) is 17.2. The maximum atomic E-state index is 15.1. The molecule has 0 saturated carbocycles. The standard InChI is InChI=1S/C38H40ClN3O4S/c1-4-22-40(24-26-14-8-6-9-15-26)34(44)31-32-35(45)42(30(25-43)27-16-10-7-11-17-27)33(38(32)21-20-37(31,3)47-38)36(46)41(23-5-2)29-19-13-12-18-28(29)39/h4-19,30-33,43H,1-2,20-25H2,3H3/t30-,31-,32+,33?,37+,38?/m1/s1. The minimum Gasteiger partial charge on any atom is -0.394 e. The number of thioether (sulfide) groups is 1. The Morgan fingerprint density at radius 2 is 1.62 bits per heavy atom. The Kier molecular flexibility index (Phi) is 9.38. The summed E-state index contributed by atoms with van der Waals surface area (Å²) in [6, 6.07) is 24.5. The second-order valence-electron chi connectivity index (χ2n) is 12.8. The Morgan fingerprint density at radius 1 is 0.979 bits per heavy atom. The van der Waals surface area contributed by atoms with Gasteiger partial charge < -0.3 is 19.8 Å². The highest BCUT2D eigenvalue weighted by atomic mass is 35.5. The molecular weight excluding hydrogens is 630 g/mol. The number of hydrogen-bond donors (Lipinski definition) is 1. The van der Waals surface area contributed by atoms with Crippen LogP contribution in [0.2, 0.25) is 5.02 Å². The van der Waals surface area contributed by atoms with Gasteiger partial charge >= 0.3 is 0 Å². The molecule has 9 heteroatoms. The van der Waals surface area contributed by atoms with Crippen molar-refractivity contribution >= 4 is 46.8 Å². The predicted molar refractivity (Wildman–Crippen MR) is 188 cm³/mol. The van der Waals surface area contributed by atoms with Gasteiger partial charge in [-0.05, 0) is 43.0 Å². The van der Waals surface area contributed by atoms with Crippen LogP contribution in [0, 0.1) is 11.8 Å². The third kappa shape index (κ3) is 5.60. The smallest absolute Gasteiger partial charge is 0.251 e. The fraction of sp³-hybridized carbons (Fsp3) is 0.342. The molecule has 3 fully saturated rings. The van der Waals surface area contributed by atoms with Crippen LogP contribution in [0.1, 0.15) is 36.9 Å². The number of carbonyl (C=O) groups is 3. The number of fused-ring (bicyclic) bond motifs is 1. The minimum absolute atomic E-state index is 0.119. The Hall–Kier alpha value is -3.85. The molecule has 0 aliphatic carbocycles. The Bertz CT molecular complexity index is 1670. The predicted octanol–water partition coefficient (Wildman–Crippen LogP) is 6.29. The summed E-state index contributed by atoms with van der Waals surface area (Å²) < 4.78 is -1.45. The molecular formula is C38H40ClN3O4S. The molecule has 3 heterocycles. The third-order valence-corrected chi connectivity index (χ3v) is 12.3. The number of likely N-dealkylation sites (tertiary alicyclic amines) is 1. The van der Waals surface area contributed by atoms with Gasteiger partial charge in [-0.3, -0.25) is 14.4 Å². The highest BCUT2D eigenvalue weighted by Crippen LogP contribution is 2.72. The molecule has 7 nitrogen and oxygen atoms in total. The van der Waals surface area contributed by atoms with Crippen molar-refractivity contribution in [2.75, 3.05) is 24.6 Å². The summed E-state index contributed by atoms with van der Waals surface area (Å²) in [6.45, 7) is 10.4. The van der Waals surface area contributed by atoms with Gasteiger partial charge in [0.2, 0.25) is 11.8 Å². The molecule has 1 N–H and O–H groups in total. The highest BCUT2D eigenvalue weighted by Gasteiger charge is 2.78. The van der Waals surface area contributed by atoms with E-state index in [1.807, 2.05) is 66.7 Å². The van der Waals surface area contributed by atoms with Gasteiger partial charge in [0.05, 0.1) is 39.9 Å². The van der Waals surface area contributed by atoms with Crippen molar-refractivity contribution in [3.8, 4) is 0 Å². The molecule has 6 atom stereocenters. The molecule has 0 aromatic heterocycles. The van der Waals surface area contributed by atoms with Crippen LogP contribution in [0.5, 0.6) is 0 Å². The zero-order chi connectivity index (χ0) is 33.3. The quantitative estimate of drug-likeness (QED) is 0.230. The lowest BCUT2D eigenvalue weighted by molar-refractivity contribution is -0.146. The molecule has 47 heavy (non-hydrogen) atoms. The average Bonchev–Trinajstić information content (AvgIpc) is 3.65. The van der Waals surface area contributed by atoms with Gasteiger partial charge in [-0.1, -0.05) is 96.5 Å². The maximum Gasteiger partial charge on any atom is 0.251 e. The number of para-hydroxylation sites is 1. The summed E-state index contributed by atoms with van der Waals surface area (Å²) in [5.41, 5.74) is 2.22. The molecule has 3 saturated heterocycles. The van der Waals surface area contributed by atoms with Crippen molar-refractivity contribution < 1.29 is 19.5 Å². The molecule has 3 amide bonds. The van der Waals surface area contributed by atoms with Crippen molar-refractivity contribution in [2.45, 2.75) is 47.9 Å². The molecule has 2 bridgehead atoms. The van der Waals surface area contributed by atoms with Crippen LogP contribution in [0.4, 0.5) is 5.69 Å². The lowest BCUT2D eigenvalue weighted by Crippen LogP contribution is -2.56. The highest BCUT2D eigenvalue weighted by molar-refractivity contribution is 8.02. The van der Waals surface area contributed by atoms with E-state index in [1.165, 1.54) is 0 Å². The zero-order valence-corrected chi connectivity index (χ0v) is 28.1. The van der Waals surface area contributed by atoms with E-state index >= 15 is 9.59 Å². The Morgan fingerprint density at radius 3 is 2.26 bits per heavy atom. The molecule has 3 aromatic rings. The van der Waals surface area contributed by atoms with Crippen molar-refractivity contribution in [1.29, 1.82) is 0 Å². The van der Waals surface area contributed by atoms with Crippen LogP contribution in [0.3, 0.4) is 0 Å². The van der Waals surface area contributed by atoms with Crippen molar-refractivity contribution in [3.63, 3.8) is 0 Å². The number of benzene rings is 3. The second-order valence-corrected chi connectivity index (χ2v) is 15.1. The van der Waals surface area contributed by atoms with E-state index in [9.17, 15) is 9.90 Å². The number of carbonyl (C=O) groups excluding carboxylic acids is 3. The summed E-state index contributed by atoms with van der Waals surface area (Å²) in [5.74, 6) is -2.13. The van der Waals surface area contributed by atoms with Gasteiger partial charge in [-0.2, -0.15) is 0 Å². The summed E-state index contributed by atoms with van der Waals surface area (Å²) in [7, 11) is 0. The average molecular weight is 670 g/mol. The second kappa shape index (κ2) is 13.3. The summed E-state index contributed by atoms with van der Waals surface area (Å²) in [4.78, 5) is 49.8. The first-order valence-electron chi connectivity index (χ1n) is 16.0. The number of halogens is 1. The number of nitrogens with zero attached hydrogens (tertiary/aromatic N) is 3.